The number of hydrogen-bond donors (Lipinski definition) is 2. The minimum absolute atomic E-state index is 0.104. The molecule has 0 aliphatic rings. The Kier molecular flexibility index (Phi) is 6.65. The number of rotatable bonds is 8. The molecule has 0 amide bonds. The second kappa shape index (κ2) is 7.78. The first-order valence-electron chi connectivity index (χ1n) is 6.26. The molecule has 0 saturated carbocycles. The monoisotopic (exact) mass is 337 g/mol. The van der Waals surface area contributed by atoms with Crippen LogP contribution in [0.3, 0.4) is 0 Å². The zero-order chi connectivity index (χ0) is 16.0. The third-order valence-electron chi connectivity index (χ3n) is 2.69. The van der Waals surface area contributed by atoms with E-state index in [1.807, 2.05) is 0 Å². The van der Waals surface area contributed by atoms with Crippen molar-refractivity contribution in [1.82, 2.24) is 13.9 Å². The molecule has 0 saturated heterocycles. The number of aromatic nitrogens is 2. The molecule has 0 spiro atoms. The van der Waals surface area contributed by atoms with Gasteiger partial charge in [-0.15, -0.1) is 0 Å². The average molecular weight is 337 g/mol. The van der Waals surface area contributed by atoms with Crippen molar-refractivity contribution in [2.24, 2.45) is 14.1 Å². The summed E-state index contributed by atoms with van der Waals surface area (Å²) in [4.78, 5) is 22.9. The minimum atomic E-state index is -3.95. The van der Waals surface area contributed by atoms with E-state index >= 15 is 0 Å². The van der Waals surface area contributed by atoms with Crippen LogP contribution in [-0.4, -0.2) is 47.3 Å². The van der Waals surface area contributed by atoms with E-state index in [0.29, 0.717) is 12.2 Å². The number of nitrogens with one attached hydrogen (secondary N) is 1. The van der Waals surface area contributed by atoms with E-state index < -0.39 is 26.2 Å². The van der Waals surface area contributed by atoms with E-state index in [4.69, 9.17) is 5.11 Å². The SMILES string of the molecule is Cn1cc(S(=O)(=O)NCCSCCCO)c(=O)n(C)c1=O. The summed E-state index contributed by atoms with van der Waals surface area (Å²) in [5.74, 6) is 1.27. The van der Waals surface area contributed by atoms with Crippen molar-refractivity contribution in [3.05, 3.63) is 27.0 Å². The lowest BCUT2D eigenvalue weighted by atomic mass is 10.5. The normalized spacial score (nSPS) is 11.8. The summed E-state index contributed by atoms with van der Waals surface area (Å²) in [6.07, 6.45) is 1.67. The van der Waals surface area contributed by atoms with Crippen LogP contribution in [-0.2, 0) is 24.1 Å². The quantitative estimate of drug-likeness (QED) is 0.557. The molecule has 1 rings (SSSR count). The minimum Gasteiger partial charge on any atom is -0.396 e. The Morgan fingerprint density at radius 3 is 2.57 bits per heavy atom. The fourth-order valence-electron chi connectivity index (χ4n) is 1.55. The maximum atomic E-state index is 12.1. The highest BCUT2D eigenvalue weighted by Gasteiger charge is 2.20. The van der Waals surface area contributed by atoms with Crippen LogP contribution in [0.1, 0.15) is 6.42 Å². The summed E-state index contributed by atoms with van der Waals surface area (Å²) in [7, 11) is -1.34. The molecule has 10 heteroatoms. The van der Waals surface area contributed by atoms with Gasteiger partial charge in [-0.2, -0.15) is 11.8 Å². The molecule has 0 radical (unpaired) electrons. The van der Waals surface area contributed by atoms with Crippen LogP contribution < -0.4 is 16.0 Å². The van der Waals surface area contributed by atoms with Crippen molar-refractivity contribution >= 4 is 21.8 Å². The van der Waals surface area contributed by atoms with E-state index in [-0.39, 0.29) is 13.2 Å². The third-order valence-corrected chi connectivity index (χ3v) is 5.20. The van der Waals surface area contributed by atoms with E-state index in [9.17, 15) is 18.0 Å². The van der Waals surface area contributed by atoms with Crippen LogP contribution in [0.25, 0.3) is 0 Å². The largest absolute Gasteiger partial charge is 0.396 e. The topological polar surface area (TPSA) is 110 Å². The number of aryl methyl sites for hydroxylation is 1. The van der Waals surface area contributed by atoms with Crippen molar-refractivity contribution in [2.75, 3.05) is 24.7 Å². The van der Waals surface area contributed by atoms with Crippen LogP contribution in [0.2, 0.25) is 0 Å². The molecule has 0 aliphatic carbocycles. The fourth-order valence-corrected chi connectivity index (χ4v) is 3.66. The van der Waals surface area contributed by atoms with E-state index in [1.165, 1.54) is 25.9 Å². The third kappa shape index (κ3) is 4.70. The highest BCUT2D eigenvalue weighted by Crippen LogP contribution is 2.03. The Balaban J connectivity index is 2.80. The number of nitrogens with zero attached hydrogens (tertiary/aromatic N) is 2. The summed E-state index contributed by atoms with van der Waals surface area (Å²) in [5.41, 5.74) is -1.43. The van der Waals surface area contributed by atoms with Gasteiger partial charge in [0.25, 0.3) is 5.56 Å². The maximum Gasteiger partial charge on any atom is 0.330 e. The second-order valence-electron chi connectivity index (χ2n) is 4.34. The van der Waals surface area contributed by atoms with Gasteiger partial charge in [-0.25, -0.2) is 17.9 Å². The molecule has 1 heterocycles. The van der Waals surface area contributed by atoms with Crippen molar-refractivity contribution in [2.45, 2.75) is 11.3 Å². The van der Waals surface area contributed by atoms with Crippen molar-refractivity contribution in [3.8, 4) is 0 Å². The second-order valence-corrected chi connectivity index (χ2v) is 7.30. The zero-order valence-electron chi connectivity index (χ0n) is 11.9. The average Bonchev–Trinajstić information content (AvgIpc) is 2.44. The summed E-state index contributed by atoms with van der Waals surface area (Å²) in [6.45, 7) is 0.275. The first kappa shape index (κ1) is 18.0. The molecular formula is C11H19N3O5S2. The van der Waals surface area contributed by atoms with E-state index in [0.717, 1.165) is 21.1 Å². The van der Waals surface area contributed by atoms with Crippen LogP contribution in [0.5, 0.6) is 0 Å². The Morgan fingerprint density at radius 1 is 1.29 bits per heavy atom. The van der Waals surface area contributed by atoms with Crippen molar-refractivity contribution < 1.29 is 13.5 Å². The molecule has 0 unspecified atom stereocenters. The van der Waals surface area contributed by atoms with Crippen LogP contribution in [0.4, 0.5) is 0 Å². The van der Waals surface area contributed by atoms with Gasteiger partial charge in [0, 0.05) is 39.2 Å². The molecule has 1 aromatic rings. The van der Waals surface area contributed by atoms with Gasteiger partial charge in [-0.3, -0.25) is 9.36 Å². The molecule has 8 nitrogen and oxygen atoms in total. The van der Waals surface area contributed by atoms with Crippen LogP contribution in [0.15, 0.2) is 20.7 Å². The Morgan fingerprint density at radius 2 is 1.95 bits per heavy atom. The van der Waals surface area contributed by atoms with Crippen molar-refractivity contribution in [1.29, 1.82) is 0 Å². The standard InChI is InChI=1S/C11H19N3O5S2/c1-13-8-9(10(16)14(2)11(13)17)21(18,19)12-4-7-20-6-3-5-15/h8,12,15H,3-7H2,1-2H3. The lowest BCUT2D eigenvalue weighted by Gasteiger charge is -2.09. The summed E-state index contributed by atoms with van der Waals surface area (Å²) in [5, 5.41) is 8.62. The van der Waals surface area contributed by atoms with Gasteiger partial charge in [0.2, 0.25) is 10.0 Å². The highest BCUT2D eigenvalue weighted by atomic mass is 32.2. The molecule has 0 fully saturated rings. The zero-order valence-corrected chi connectivity index (χ0v) is 13.5. The van der Waals surface area contributed by atoms with E-state index in [2.05, 4.69) is 4.72 Å². The van der Waals surface area contributed by atoms with Gasteiger partial charge in [-0.1, -0.05) is 0 Å². The lowest BCUT2D eigenvalue weighted by Crippen LogP contribution is -2.41. The first-order chi connectivity index (χ1) is 9.81. The van der Waals surface area contributed by atoms with Crippen LogP contribution in [0, 0.1) is 0 Å². The smallest absolute Gasteiger partial charge is 0.330 e. The van der Waals surface area contributed by atoms with Gasteiger partial charge in [0.05, 0.1) is 0 Å². The molecule has 120 valence electrons. The molecule has 0 aliphatic heterocycles. The summed E-state index contributed by atoms with van der Waals surface area (Å²) >= 11 is 1.50. The molecule has 0 atom stereocenters. The Bertz CT molecular complexity index is 693. The molecule has 1 aromatic heterocycles. The highest BCUT2D eigenvalue weighted by molar-refractivity contribution is 7.99. The molecule has 0 bridgehead atoms. The first-order valence-corrected chi connectivity index (χ1v) is 8.90. The summed E-state index contributed by atoms with van der Waals surface area (Å²) < 4.78 is 28.3. The Labute approximate surface area is 126 Å². The number of sulfonamides is 1. The lowest BCUT2D eigenvalue weighted by molar-refractivity contribution is 0.296. The Hall–Kier alpha value is -1.10. The predicted molar refractivity (Wildman–Crippen MR) is 81.1 cm³/mol. The maximum absolute atomic E-state index is 12.1. The van der Waals surface area contributed by atoms with E-state index in [1.54, 1.807) is 0 Å². The number of thioether (sulfide) groups is 1. The van der Waals surface area contributed by atoms with Crippen molar-refractivity contribution in [3.63, 3.8) is 0 Å². The number of aliphatic hydroxyl groups is 1. The number of hydrogen-bond acceptors (Lipinski definition) is 6. The summed E-state index contributed by atoms with van der Waals surface area (Å²) in [6, 6.07) is 0. The van der Waals surface area contributed by atoms with Gasteiger partial charge < -0.3 is 9.67 Å². The molecule has 0 aromatic carbocycles. The van der Waals surface area contributed by atoms with Gasteiger partial charge in [0.1, 0.15) is 0 Å². The van der Waals surface area contributed by atoms with Crippen LogP contribution >= 0.6 is 11.8 Å². The van der Waals surface area contributed by atoms with Gasteiger partial charge in [0.15, 0.2) is 4.90 Å². The molecule has 2 N–H and O–H groups in total. The van der Waals surface area contributed by atoms with Gasteiger partial charge in [-0.05, 0) is 12.2 Å². The molecule has 21 heavy (non-hydrogen) atoms. The van der Waals surface area contributed by atoms with Gasteiger partial charge >= 0.3 is 5.69 Å². The molecular weight excluding hydrogens is 318 g/mol. The number of aliphatic hydroxyl groups excluding tert-OH is 1. The predicted octanol–water partition coefficient (Wildman–Crippen LogP) is -1.52. The fraction of sp³-hybridized carbons (Fsp3) is 0.636.